The van der Waals surface area contributed by atoms with Gasteiger partial charge in [-0.15, -0.1) is 0 Å². The molecule has 1 aromatic carbocycles. The number of phosphoric ester groups is 1. The number of ether oxygens (including phenoxy) is 1. The van der Waals surface area contributed by atoms with Crippen LogP contribution in [0.3, 0.4) is 0 Å². The van der Waals surface area contributed by atoms with Gasteiger partial charge in [0.1, 0.15) is 29.6 Å². The van der Waals surface area contributed by atoms with Gasteiger partial charge in [0.2, 0.25) is 5.89 Å². The number of oxazole rings is 1. The van der Waals surface area contributed by atoms with Crippen LogP contribution in [0.15, 0.2) is 45.7 Å². The van der Waals surface area contributed by atoms with Crippen LogP contribution >= 0.6 is 15.4 Å². The zero-order chi connectivity index (χ0) is 25.5. The minimum Gasteiger partial charge on any atom is -0.809 e. The van der Waals surface area contributed by atoms with Gasteiger partial charge in [0.25, 0.3) is 7.82 Å². The van der Waals surface area contributed by atoms with Crippen LogP contribution in [-0.2, 0) is 22.9 Å². The fourth-order valence-electron chi connectivity index (χ4n) is 3.27. The van der Waals surface area contributed by atoms with Crippen LogP contribution in [0.1, 0.15) is 18.0 Å². The van der Waals surface area contributed by atoms with Gasteiger partial charge < -0.3 is 48.9 Å². The quantitative estimate of drug-likeness (QED) is 0.160. The number of aliphatic hydroxyl groups excluding tert-OH is 2. The van der Waals surface area contributed by atoms with E-state index in [0.717, 1.165) is 10.8 Å². The summed E-state index contributed by atoms with van der Waals surface area (Å²) in [6.45, 7) is -0.977. The number of nitrogens with zero attached hydrogens (tertiary/aromatic N) is 3. The third kappa shape index (κ3) is 8.52. The van der Waals surface area contributed by atoms with Crippen molar-refractivity contribution in [3.8, 4) is 0 Å². The number of hydrogen-bond acceptors (Lipinski definition) is 15. The van der Waals surface area contributed by atoms with E-state index in [4.69, 9.17) is 14.9 Å². The smallest absolute Gasteiger partial charge is 0.809 e. The Hall–Kier alpha value is 0.510. The van der Waals surface area contributed by atoms with E-state index >= 15 is 0 Å². The van der Waals surface area contributed by atoms with Crippen molar-refractivity contribution in [3.05, 3.63) is 52.9 Å². The molecule has 4 rings (SSSR count). The Morgan fingerprint density at radius 2 is 1.74 bits per heavy atom. The average Bonchev–Trinajstić information content (AvgIpc) is 3.32. The Labute approximate surface area is 280 Å². The van der Waals surface area contributed by atoms with Gasteiger partial charge in [-0.3, -0.25) is 13.7 Å². The number of rotatable bonds is 8. The maximum atomic E-state index is 12.3. The maximum absolute atomic E-state index is 12.3. The molecule has 1 fully saturated rings. The summed E-state index contributed by atoms with van der Waals surface area (Å²) in [4.78, 5) is 54.9. The summed E-state index contributed by atoms with van der Waals surface area (Å²) in [5.41, 5.74) is 4.69. The topological polar surface area (TPSA) is 258 Å². The van der Waals surface area contributed by atoms with Crippen molar-refractivity contribution in [2.75, 3.05) is 12.3 Å². The van der Waals surface area contributed by atoms with E-state index in [2.05, 4.69) is 19.0 Å². The molecule has 1 aliphatic rings. The summed E-state index contributed by atoms with van der Waals surface area (Å²) >= 11 is 0. The molecule has 190 valence electrons. The molecule has 3 heterocycles. The van der Waals surface area contributed by atoms with Crippen molar-refractivity contribution in [2.24, 2.45) is 0 Å². The van der Waals surface area contributed by atoms with Gasteiger partial charge in [-0.05, 0) is 25.8 Å². The van der Waals surface area contributed by atoms with E-state index < -0.39 is 64.0 Å². The predicted molar refractivity (Wildman–Crippen MR) is 108 cm³/mol. The van der Waals surface area contributed by atoms with Crippen LogP contribution in [0.4, 0.5) is 5.82 Å². The van der Waals surface area contributed by atoms with E-state index in [1.807, 2.05) is 0 Å². The Balaban J connectivity index is 0.00000241. The molecule has 16 nitrogen and oxygen atoms in total. The number of fused-ring (bicyclic) bond motifs is 1. The van der Waals surface area contributed by atoms with Crippen molar-refractivity contribution in [2.45, 2.75) is 30.4 Å². The first-order valence-corrected chi connectivity index (χ1v) is 12.8. The van der Waals surface area contributed by atoms with Crippen LogP contribution in [0.5, 0.6) is 0 Å². The largest absolute Gasteiger partial charge is 1.00 e. The van der Waals surface area contributed by atoms with Gasteiger partial charge in [0.15, 0.2) is 17.7 Å². The number of phosphoric acid groups is 1. The zero-order valence-electron chi connectivity index (χ0n) is 20.3. The Morgan fingerprint density at radius 1 is 1.08 bits per heavy atom. The fourth-order valence-corrected chi connectivity index (χ4v) is 5.18. The molecule has 0 radical (unpaired) electrons. The summed E-state index contributed by atoms with van der Waals surface area (Å²) < 4.78 is 44.3. The number of para-hydroxylation sites is 2. The van der Waals surface area contributed by atoms with Crippen molar-refractivity contribution in [1.29, 1.82) is 0 Å². The molecule has 1 aliphatic heterocycles. The molecule has 0 aliphatic carbocycles. The standard InChI is InChI=1S/C17H20N4O12P2.3Na/c18-11-5-6-21(17(24)20-11)15-13(23)12(22)10(32-15)7-30-35(28,29)33-16(34(25,26)27)14-19-8-3-1-2-4-9(8)31-14;;;/h1-6,10,12-13,15-16,22-23H,7H2,(H,28,29)(H2,18,20,24)(H2,25,26,27);;;/q;3*+1/p-3/t10-,12-,13-,15-,16?;;;/m1.../s1. The monoisotopic (exact) mass is 600 g/mol. The second kappa shape index (κ2) is 14.6. The molecule has 3 aromatic rings. The molecular weight excluding hydrogens is 583 g/mol. The molecular formula is C17H17N4Na3O12P2. The fraction of sp³-hybridized carbons (Fsp3) is 0.353. The molecule has 6 atom stereocenters. The molecule has 0 amide bonds. The summed E-state index contributed by atoms with van der Waals surface area (Å²) in [6.07, 6.45) is -5.28. The minimum absolute atomic E-state index is 0. The normalized spacial score (nSPS) is 23.5. The predicted octanol–water partition coefficient (Wildman–Crippen LogP) is -11.3. The van der Waals surface area contributed by atoms with Gasteiger partial charge in [-0.2, -0.15) is 4.98 Å². The average molecular weight is 600 g/mol. The number of nitrogen functional groups attached to an aromatic ring is 1. The molecule has 38 heavy (non-hydrogen) atoms. The molecule has 0 bridgehead atoms. The van der Waals surface area contributed by atoms with E-state index in [1.165, 1.54) is 24.3 Å². The Morgan fingerprint density at radius 3 is 2.34 bits per heavy atom. The van der Waals surface area contributed by atoms with Crippen LogP contribution in [0.25, 0.3) is 11.1 Å². The Bertz CT molecular complexity index is 1350. The maximum Gasteiger partial charge on any atom is 1.00 e. The van der Waals surface area contributed by atoms with Crippen LogP contribution < -0.4 is 115 Å². The summed E-state index contributed by atoms with van der Waals surface area (Å²) in [5.74, 6) is -3.61. The summed E-state index contributed by atoms with van der Waals surface area (Å²) in [5, 5.41) is 20.4. The van der Waals surface area contributed by atoms with E-state index in [0.29, 0.717) is 0 Å². The van der Waals surface area contributed by atoms with Crippen LogP contribution in [0, 0.1) is 0 Å². The van der Waals surface area contributed by atoms with Gasteiger partial charge in [-0.1, -0.05) is 12.1 Å². The third-order valence-corrected chi connectivity index (χ3v) is 6.90. The molecule has 21 heteroatoms. The number of anilines is 1. The summed E-state index contributed by atoms with van der Waals surface area (Å²) in [7, 11) is -11.3. The molecule has 2 unspecified atom stereocenters. The molecule has 2 aromatic heterocycles. The van der Waals surface area contributed by atoms with Gasteiger partial charge in [0.05, 0.1) is 6.61 Å². The molecule has 1 saturated heterocycles. The zero-order valence-corrected chi connectivity index (χ0v) is 28.1. The molecule has 0 saturated carbocycles. The second-order valence-electron chi connectivity index (χ2n) is 7.35. The second-order valence-corrected chi connectivity index (χ2v) is 10.3. The van der Waals surface area contributed by atoms with Crippen LogP contribution in [-0.4, -0.2) is 49.7 Å². The minimum atomic E-state index is -5.79. The Kier molecular flexibility index (Phi) is 14.0. The first-order chi connectivity index (χ1) is 16.4. The van der Waals surface area contributed by atoms with E-state index in [9.17, 15) is 38.8 Å². The number of hydrogen-bond donors (Lipinski definition) is 3. The first-order valence-electron chi connectivity index (χ1n) is 9.73. The molecule has 0 spiro atoms. The third-order valence-electron chi connectivity index (χ3n) is 4.90. The van der Waals surface area contributed by atoms with E-state index in [-0.39, 0.29) is 106 Å². The number of aromatic nitrogens is 3. The van der Waals surface area contributed by atoms with Crippen molar-refractivity contribution in [1.82, 2.24) is 14.5 Å². The first kappa shape index (κ1) is 36.5. The van der Waals surface area contributed by atoms with Crippen LogP contribution in [0.2, 0.25) is 0 Å². The SMILES string of the molecule is Nc1ccn([C@@H]2O[C@H](COP(=O)([O-])OC(c3nc4ccccc4o3)P(=O)([O-])[O-])[C@@H](O)[C@H]2O)c(=O)n1.[Na+].[Na+].[Na+]. The van der Waals surface area contributed by atoms with Crippen molar-refractivity contribution < 1.29 is 141 Å². The van der Waals surface area contributed by atoms with Gasteiger partial charge >= 0.3 is 94.4 Å². The number of benzene rings is 1. The number of nitrogens with two attached hydrogens (primary N) is 1. The van der Waals surface area contributed by atoms with E-state index in [1.54, 1.807) is 6.07 Å². The van der Waals surface area contributed by atoms with Crippen molar-refractivity contribution in [3.63, 3.8) is 0 Å². The summed E-state index contributed by atoms with van der Waals surface area (Å²) in [6, 6.07) is 7.13. The van der Waals surface area contributed by atoms with Crippen molar-refractivity contribution >= 4 is 32.3 Å². The van der Waals surface area contributed by atoms with Gasteiger partial charge in [-0.25, -0.2) is 9.78 Å². The van der Waals surface area contributed by atoms with Gasteiger partial charge in [0, 0.05) is 6.20 Å². The number of aliphatic hydroxyl groups is 2. The molecule has 4 N–H and O–H groups in total.